The van der Waals surface area contributed by atoms with Gasteiger partial charge in [0.1, 0.15) is 11.5 Å². The van der Waals surface area contributed by atoms with Gasteiger partial charge in [-0.25, -0.2) is 0 Å². The molecule has 0 bridgehead atoms. The van der Waals surface area contributed by atoms with Crippen molar-refractivity contribution in [2.45, 2.75) is 0 Å². The van der Waals surface area contributed by atoms with Crippen molar-refractivity contribution >= 4 is 22.9 Å². The van der Waals surface area contributed by atoms with Crippen LogP contribution in [-0.2, 0) is 0 Å². The Kier molecular flexibility index (Phi) is 9.41. The number of nitrogens with one attached hydrogen (secondary N) is 4. The second kappa shape index (κ2) is 12.0. The van der Waals surface area contributed by atoms with Crippen LogP contribution in [0.5, 0.6) is 0 Å². The van der Waals surface area contributed by atoms with E-state index in [0.717, 1.165) is 0 Å². The van der Waals surface area contributed by atoms with Gasteiger partial charge in [0.15, 0.2) is 0 Å². The van der Waals surface area contributed by atoms with Gasteiger partial charge in [0.25, 0.3) is 0 Å². The fourth-order valence-corrected chi connectivity index (χ4v) is 3.38. The Balaban J connectivity index is 2.45. The molecule has 0 amide bonds. The molecule has 1 aromatic carbocycles. The van der Waals surface area contributed by atoms with Crippen molar-refractivity contribution in [2.75, 3.05) is 63.1 Å². The third-order valence-electron chi connectivity index (χ3n) is 4.75. The maximum atomic E-state index is 13.3. The van der Waals surface area contributed by atoms with Crippen molar-refractivity contribution in [3.63, 3.8) is 0 Å². The van der Waals surface area contributed by atoms with E-state index in [-0.39, 0.29) is 24.3 Å². The summed E-state index contributed by atoms with van der Waals surface area (Å²) in [5, 5.41) is 49.9. The number of ketones is 2. The summed E-state index contributed by atoms with van der Waals surface area (Å²) in [5.74, 6) is -2.60. The predicted octanol–water partition coefficient (Wildman–Crippen LogP) is 0.493. The summed E-state index contributed by atoms with van der Waals surface area (Å²) in [6, 6.07) is 3.30. The highest BCUT2D eigenvalue weighted by Gasteiger charge is 2.38. The van der Waals surface area contributed by atoms with Crippen LogP contribution in [0.3, 0.4) is 0 Å². The van der Waals surface area contributed by atoms with Crippen molar-refractivity contribution < 1.29 is 30.0 Å². The largest absolute Gasteiger partial charge is 0.508 e. The maximum Gasteiger partial charge on any atom is 0.200 e. The smallest absolute Gasteiger partial charge is 0.200 e. The maximum absolute atomic E-state index is 13.3. The minimum atomic E-state index is -0.662. The average Bonchev–Trinajstić information content (AvgIpc) is 2.75. The Labute approximate surface area is 186 Å². The van der Waals surface area contributed by atoms with Gasteiger partial charge in [0.05, 0.1) is 35.5 Å². The number of allylic oxidation sites excluding steroid dienone is 2. The summed E-state index contributed by atoms with van der Waals surface area (Å²) in [6.07, 6.45) is 0. The molecule has 0 aromatic heterocycles. The van der Waals surface area contributed by atoms with Crippen LogP contribution in [0.1, 0.15) is 20.7 Å². The molecule has 1 aliphatic carbocycles. The first-order valence-corrected chi connectivity index (χ1v) is 10.2. The number of aliphatic hydroxyl groups excluding tert-OH is 4. The molecule has 1 aliphatic rings. The summed E-state index contributed by atoms with van der Waals surface area (Å²) < 4.78 is 0. The number of aliphatic hydroxyl groups is 4. The molecule has 0 saturated heterocycles. The number of benzene rings is 1. The Morgan fingerprint density at radius 2 is 1.06 bits per heavy atom. The quantitative estimate of drug-likeness (QED) is 0.149. The van der Waals surface area contributed by atoms with Gasteiger partial charge in [-0.2, -0.15) is 0 Å². The fraction of sp³-hybridized carbons (Fsp3) is 0.364. The van der Waals surface area contributed by atoms with Crippen molar-refractivity contribution in [1.82, 2.24) is 10.6 Å². The molecular weight excluding hydrogens is 416 g/mol. The van der Waals surface area contributed by atoms with E-state index in [4.69, 9.17) is 10.2 Å². The normalized spacial score (nSPS) is 13.2. The molecule has 2 rings (SSSR count). The standard InChI is InChI=1S/C22H30N4O6/c1-13(29)17-18(14(2)30)22(32)20-16(26-8-6-24-10-12-28)4-3-15(19(20)21(17)31)25-7-5-23-9-11-27/h3-4,23-30H,1-2,5-12H2. The molecule has 10 heteroatoms. The van der Waals surface area contributed by atoms with Gasteiger partial charge in [0.2, 0.25) is 11.6 Å². The van der Waals surface area contributed by atoms with Gasteiger partial charge in [-0.05, 0) is 12.1 Å². The second-order valence-electron chi connectivity index (χ2n) is 7.01. The molecule has 0 heterocycles. The van der Waals surface area contributed by atoms with E-state index in [1.807, 2.05) is 0 Å². The van der Waals surface area contributed by atoms with E-state index < -0.39 is 34.2 Å². The van der Waals surface area contributed by atoms with Crippen LogP contribution in [0.15, 0.2) is 48.0 Å². The van der Waals surface area contributed by atoms with E-state index >= 15 is 0 Å². The Hall–Kier alpha value is -3.18. The van der Waals surface area contributed by atoms with E-state index in [2.05, 4.69) is 34.4 Å². The van der Waals surface area contributed by atoms with Crippen LogP contribution >= 0.6 is 0 Å². The minimum absolute atomic E-state index is 0.00347. The summed E-state index contributed by atoms with van der Waals surface area (Å²) in [5.41, 5.74) is 0.0988. The molecule has 0 fully saturated rings. The first kappa shape index (κ1) is 25.1. The van der Waals surface area contributed by atoms with E-state index in [9.17, 15) is 19.8 Å². The molecule has 0 spiro atoms. The molecule has 0 aliphatic heterocycles. The van der Waals surface area contributed by atoms with Crippen LogP contribution in [0.4, 0.5) is 11.4 Å². The van der Waals surface area contributed by atoms with Gasteiger partial charge in [-0.15, -0.1) is 0 Å². The third-order valence-corrected chi connectivity index (χ3v) is 4.75. The predicted molar refractivity (Wildman–Crippen MR) is 123 cm³/mol. The molecule has 8 N–H and O–H groups in total. The van der Waals surface area contributed by atoms with Crippen LogP contribution in [0, 0.1) is 0 Å². The number of carbonyl (C=O) groups is 2. The van der Waals surface area contributed by atoms with Gasteiger partial charge >= 0.3 is 0 Å². The second-order valence-corrected chi connectivity index (χ2v) is 7.01. The van der Waals surface area contributed by atoms with Crippen molar-refractivity contribution in [2.24, 2.45) is 0 Å². The van der Waals surface area contributed by atoms with Crippen LogP contribution in [0.25, 0.3) is 0 Å². The highest BCUT2D eigenvalue weighted by atomic mass is 16.3. The minimum Gasteiger partial charge on any atom is -0.508 e. The zero-order valence-electron chi connectivity index (χ0n) is 17.8. The highest BCUT2D eigenvalue weighted by Crippen LogP contribution is 2.39. The van der Waals surface area contributed by atoms with Crippen LogP contribution in [-0.4, -0.2) is 84.5 Å². The summed E-state index contributed by atoms with van der Waals surface area (Å²) in [7, 11) is 0. The molecule has 0 atom stereocenters. The third kappa shape index (κ3) is 5.74. The number of anilines is 2. The number of hydrogen-bond acceptors (Lipinski definition) is 10. The van der Waals surface area contributed by atoms with E-state index in [1.165, 1.54) is 0 Å². The zero-order valence-corrected chi connectivity index (χ0v) is 17.8. The van der Waals surface area contributed by atoms with Gasteiger partial charge in [-0.1, -0.05) is 13.2 Å². The lowest BCUT2D eigenvalue weighted by atomic mass is 9.81. The molecule has 32 heavy (non-hydrogen) atoms. The number of Topliss-reactive ketones (excluding diaryl/α,β-unsaturated/α-hetero) is 2. The Bertz CT molecular complexity index is 852. The van der Waals surface area contributed by atoms with Gasteiger partial charge in [-0.3, -0.25) is 9.59 Å². The number of hydrogen-bond donors (Lipinski definition) is 8. The van der Waals surface area contributed by atoms with Gasteiger partial charge < -0.3 is 41.7 Å². The highest BCUT2D eigenvalue weighted by molar-refractivity contribution is 6.32. The number of rotatable bonds is 14. The van der Waals surface area contributed by atoms with E-state index in [1.54, 1.807) is 12.1 Å². The molecule has 0 saturated carbocycles. The average molecular weight is 447 g/mol. The summed E-state index contributed by atoms with van der Waals surface area (Å²) in [6.45, 7) is 9.39. The first-order chi connectivity index (χ1) is 15.3. The SMILES string of the molecule is C=C(O)C1=C(C(=C)O)C(=O)c2c(NCCNCCO)ccc(NCCNCCO)c2C1=O. The van der Waals surface area contributed by atoms with Crippen LogP contribution < -0.4 is 21.3 Å². The number of carbonyl (C=O) groups excluding carboxylic acids is 2. The molecule has 1 aromatic rings. The fourth-order valence-electron chi connectivity index (χ4n) is 3.38. The molecular formula is C22H30N4O6. The van der Waals surface area contributed by atoms with Crippen molar-refractivity contribution in [3.05, 3.63) is 59.1 Å². The summed E-state index contributed by atoms with van der Waals surface area (Å²) in [4.78, 5) is 26.6. The lowest BCUT2D eigenvalue weighted by molar-refractivity contribution is 0.0969. The lowest BCUT2D eigenvalue weighted by Gasteiger charge is -2.25. The number of fused-ring (bicyclic) bond motifs is 1. The lowest BCUT2D eigenvalue weighted by Crippen LogP contribution is -2.29. The molecule has 174 valence electrons. The zero-order chi connectivity index (χ0) is 23.7. The van der Waals surface area contributed by atoms with Crippen LogP contribution in [0.2, 0.25) is 0 Å². The van der Waals surface area contributed by atoms with Crippen molar-refractivity contribution in [1.29, 1.82) is 0 Å². The van der Waals surface area contributed by atoms with E-state index in [0.29, 0.717) is 50.6 Å². The molecule has 10 nitrogen and oxygen atoms in total. The molecule has 0 radical (unpaired) electrons. The molecule has 0 unspecified atom stereocenters. The first-order valence-electron chi connectivity index (χ1n) is 10.2. The Morgan fingerprint density at radius 3 is 1.38 bits per heavy atom. The summed E-state index contributed by atoms with van der Waals surface area (Å²) >= 11 is 0. The van der Waals surface area contributed by atoms with Crippen molar-refractivity contribution in [3.8, 4) is 0 Å². The monoisotopic (exact) mass is 446 g/mol. The topological polar surface area (TPSA) is 163 Å². The Morgan fingerprint density at radius 1 is 0.688 bits per heavy atom. The van der Waals surface area contributed by atoms with Gasteiger partial charge in [0, 0.05) is 50.6 Å².